The number of carbonyl (C=O) groups excluding carboxylic acids is 1. The maximum atomic E-state index is 12.4. The molecular weight excluding hydrogens is 378 g/mol. The van der Waals surface area contributed by atoms with Crippen LogP contribution in [0.1, 0.15) is 19.8 Å². The third-order valence-corrected chi connectivity index (χ3v) is 5.58. The first kappa shape index (κ1) is 18.5. The molecule has 1 atom stereocenters. The Kier molecular flexibility index (Phi) is 4.78. The number of carbonyl (C=O) groups is 1. The van der Waals surface area contributed by atoms with Crippen LogP contribution in [0.15, 0.2) is 54.6 Å². The Labute approximate surface area is 174 Å². The van der Waals surface area contributed by atoms with Crippen molar-refractivity contribution in [3.8, 4) is 11.4 Å². The number of anilines is 1. The molecule has 0 spiro atoms. The average molecular weight is 401 g/mol. The molecule has 0 amide bonds. The molecule has 152 valence electrons. The van der Waals surface area contributed by atoms with Crippen LogP contribution in [-0.2, 0) is 9.53 Å². The Hall–Kier alpha value is -3.48. The predicted octanol–water partition coefficient (Wildman–Crippen LogP) is 3.72. The highest BCUT2D eigenvalue weighted by atomic mass is 16.5. The van der Waals surface area contributed by atoms with Gasteiger partial charge < -0.3 is 9.64 Å². The first-order valence-corrected chi connectivity index (χ1v) is 10.4. The normalized spacial score (nSPS) is 16.8. The number of rotatable bonds is 4. The molecule has 0 N–H and O–H groups in total. The SMILES string of the molecule is CCOC(=O)[C@@H]1CCCN(c2nc3ccccc3c3nnc(-c4ccccc4)n23)C1. The molecule has 30 heavy (non-hydrogen) atoms. The summed E-state index contributed by atoms with van der Waals surface area (Å²) in [5.74, 6) is 1.23. The van der Waals surface area contributed by atoms with Crippen molar-refractivity contribution in [3.05, 3.63) is 54.6 Å². The van der Waals surface area contributed by atoms with E-state index in [1.165, 1.54) is 0 Å². The van der Waals surface area contributed by atoms with Gasteiger partial charge in [-0.3, -0.25) is 4.79 Å². The van der Waals surface area contributed by atoms with Crippen LogP contribution < -0.4 is 4.90 Å². The fourth-order valence-corrected chi connectivity index (χ4v) is 4.16. The van der Waals surface area contributed by atoms with Gasteiger partial charge in [0, 0.05) is 24.0 Å². The molecule has 3 heterocycles. The number of hydrogen-bond acceptors (Lipinski definition) is 6. The van der Waals surface area contributed by atoms with Crippen LogP contribution in [0.4, 0.5) is 5.95 Å². The number of benzene rings is 2. The van der Waals surface area contributed by atoms with E-state index >= 15 is 0 Å². The number of hydrogen-bond donors (Lipinski definition) is 0. The average Bonchev–Trinajstić information content (AvgIpc) is 3.25. The van der Waals surface area contributed by atoms with Gasteiger partial charge in [-0.15, -0.1) is 10.2 Å². The smallest absolute Gasteiger partial charge is 0.310 e. The Morgan fingerprint density at radius 2 is 1.90 bits per heavy atom. The van der Waals surface area contributed by atoms with Gasteiger partial charge in [0.1, 0.15) is 0 Å². The standard InChI is InChI=1S/C23H23N5O2/c1-2-30-22(29)17-11-8-14-27(15-17)23-24-19-13-7-6-12-18(19)21-26-25-20(28(21)23)16-9-4-3-5-10-16/h3-7,9-10,12-13,17H,2,8,11,14-15H2,1H3/t17-/m1/s1. The summed E-state index contributed by atoms with van der Waals surface area (Å²) in [6.45, 7) is 3.64. The number of esters is 1. The summed E-state index contributed by atoms with van der Waals surface area (Å²) < 4.78 is 7.30. The molecule has 0 saturated carbocycles. The zero-order chi connectivity index (χ0) is 20.5. The van der Waals surface area contributed by atoms with E-state index < -0.39 is 0 Å². The lowest BCUT2D eigenvalue weighted by Crippen LogP contribution is -2.40. The van der Waals surface area contributed by atoms with Crippen molar-refractivity contribution >= 4 is 28.5 Å². The number of aromatic nitrogens is 4. The third-order valence-electron chi connectivity index (χ3n) is 5.58. The third kappa shape index (κ3) is 3.16. The van der Waals surface area contributed by atoms with E-state index in [4.69, 9.17) is 9.72 Å². The van der Waals surface area contributed by atoms with E-state index in [0.717, 1.165) is 53.3 Å². The van der Waals surface area contributed by atoms with Gasteiger partial charge in [0.2, 0.25) is 5.95 Å². The summed E-state index contributed by atoms with van der Waals surface area (Å²) in [5, 5.41) is 9.98. The maximum absolute atomic E-state index is 12.4. The van der Waals surface area contributed by atoms with Crippen LogP contribution in [0.3, 0.4) is 0 Å². The maximum Gasteiger partial charge on any atom is 0.310 e. The van der Waals surface area contributed by atoms with Crippen LogP contribution in [-0.4, -0.2) is 45.2 Å². The Morgan fingerprint density at radius 3 is 2.73 bits per heavy atom. The second-order valence-electron chi connectivity index (χ2n) is 7.51. The lowest BCUT2D eigenvalue weighted by molar-refractivity contribution is -0.148. The zero-order valence-corrected chi connectivity index (χ0v) is 16.9. The molecule has 1 aliphatic heterocycles. The largest absolute Gasteiger partial charge is 0.466 e. The van der Waals surface area contributed by atoms with Crippen molar-refractivity contribution < 1.29 is 9.53 Å². The van der Waals surface area contributed by atoms with E-state index in [0.29, 0.717) is 13.2 Å². The second kappa shape index (κ2) is 7.74. The summed E-state index contributed by atoms with van der Waals surface area (Å²) >= 11 is 0. The molecule has 7 heteroatoms. The molecular formula is C23H23N5O2. The molecule has 1 aliphatic rings. The van der Waals surface area contributed by atoms with Crippen molar-refractivity contribution in [3.63, 3.8) is 0 Å². The monoisotopic (exact) mass is 401 g/mol. The molecule has 0 unspecified atom stereocenters. The molecule has 4 aromatic rings. The number of ether oxygens (including phenoxy) is 1. The fraction of sp³-hybridized carbons (Fsp3) is 0.304. The van der Waals surface area contributed by atoms with Crippen LogP contribution >= 0.6 is 0 Å². The van der Waals surface area contributed by atoms with Gasteiger partial charge in [-0.25, -0.2) is 9.38 Å². The molecule has 2 aromatic heterocycles. The zero-order valence-electron chi connectivity index (χ0n) is 16.9. The lowest BCUT2D eigenvalue weighted by atomic mass is 9.98. The topological polar surface area (TPSA) is 72.6 Å². The summed E-state index contributed by atoms with van der Waals surface area (Å²) in [5.41, 5.74) is 2.61. The van der Waals surface area contributed by atoms with Crippen LogP contribution in [0, 0.1) is 5.92 Å². The van der Waals surface area contributed by atoms with Crippen LogP contribution in [0.2, 0.25) is 0 Å². The number of fused-ring (bicyclic) bond motifs is 3. The van der Waals surface area contributed by atoms with Gasteiger partial charge in [-0.1, -0.05) is 42.5 Å². The summed E-state index contributed by atoms with van der Waals surface area (Å²) in [7, 11) is 0. The van der Waals surface area contributed by atoms with Crippen molar-refractivity contribution in [1.29, 1.82) is 0 Å². The van der Waals surface area contributed by atoms with Crippen LogP contribution in [0.5, 0.6) is 0 Å². The van der Waals surface area contributed by atoms with E-state index in [1.807, 2.05) is 65.9 Å². The Bertz CT molecular complexity index is 1200. The molecule has 1 fully saturated rings. The Morgan fingerprint density at radius 1 is 1.10 bits per heavy atom. The molecule has 0 radical (unpaired) electrons. The minimum absolute atomic E-state index is 0.133. The van der Waals surface area contributed by atoms with Gasteiger partial charge in [-0.05, 0) is 31.9 Å². The minimum Gasteiger partial charge on any atom is -0.466 e. The van der Waals surface area contributed by atoms with E-state index in [-0.39, 0.29) is 11.9 Å². The number of nitrogens with zero attached hydrogens (tertiary/aromatic N) is 5. The summed E-state index contributed by atoms with van der Waals surface area (Å²) in [6.07, 6.45) is 1.74. The van der Waals surface area contributed by atoms with Gasteiger partial charge in [0.15, 0.2) is 11.5 Å². The van der Waals surface area contributed by atoms with Gasteiger partial charge in [0.05, 0.1) is 18.0 Å². The quantitative estimate of drug-likeness (QED) is 0.485. The Balaban J connectivity index is 1.68. The second-order valence-corrected chi connectivity index (χ2v) is 7.51. The molecule has 1 saturated heterocycles. The highest BCUT2D eigenvalue weighted by Gasteiger charge is 2.30. The first-order chi connectivity index (χ1) is 14.8. The first-order valence-electron chi connectivity index (χ1n) is 10.4. The predicted molar refractivity (Wildman–Crippen MR) is 115 cm³/mol. The van der Waals surface area contributed by atoms with Crippen LogP contribution in [0.25, 0.3) is 27.9 Å². The van der Waals surface area contributed by atoms with Crippen molar-refractivity contribution in [1.82, 2.24) is 19.6 Å². The summed E-state index contributed by atoms with van der Waals surface area (Å²) in [4.78, 5) is 19.5. The van der Waals surface area contributed by atoms with Crippen molar-refractivity contribution in [2.45, 2.75) is 19.8 Å². The number of para-hydroxylation sites is 1. The summed E-state index contributed by atoms with van der Waals surface area (Å²) in [6, 6.07) is 18.0. The van der Waals surface area contributed by atoms with Crippen molar-refractivity contribution in [2.24, 2.45) is 5.92 Å². The highest BCUT2D eigenvalue weighted by molar-refractivity contribution is 5.93. The van der Waals surface area contributed by atoms with Crippen molar-refractivity contribution in [2.75, 3.05) is 24.6 Å². The number of piperidine rings is 1. The molecule has 0 aliphatic carbocycles. The molecule has 2 aromatic carbocycles. The van der Waals surface area contributed by atoms with E-state index in [9.17, 15) is 4.79 Å². The molecule has 7 nitrogen and oxygen atoms in total. The lowest BCUT2D eigenvalue weighted by Gasteiger charge is -2.32. The van der Waals surface area contributed by atoms with Gasteiger partial charge in [0.25, 0.3) is 0 Å². The minimum atomic E-state index is -0.154. The van der Waals surface area contributed by atoms with E-state index in [2.05, 4.69) is 15.1 Å². The highest BCUT2D eigenvalue weighted by Crippen LogP contribution is 2.30. The molecule has 5 rings (SSSR count). The van der Waals surface area contributed by atoms with Gasteiger partial charge >= 0.3 is 5.97 Å². The molecule has 0 bridgehead atoms. The van der Waals surface area contributed by atoms with E-state index in [1.54, 1.807) is 0 Å². The fourth-order valence-electron chi connectivity index (χ4n) is 4.16. The van der Waals surface area contributed by atoms with Gasteiger partial charge in [-0.2, -0.15) is 0 Å².